The number of carbonyl (C=O) groups excluding carboxylic acids is 2. The molecule has 60 heavy (non-hydrogen) atoms. The van der Waals surface area contributed by atoms with E-state index >= 15 is 0 Å². The standard InChI is InChI=1S/2C25H25NO4/c2*1-17-5-3-4-6-23(17)30-20-9-10-21-18(12-14-29-24(21)15-20)7-8-19-16-26-13-11-22(19)25(27)28-2/h2*3-6,9-11,13,15-16,18H,7-8,12,14H2,1-2H3/t2*18-/m10/s1. The van der Waals surface area contributed by atoms with Gasteiger partial charge in [-0.2, -0.15) is 0 Å². The number of benzene rings is 4. The number of para-hydroxylation sites is 2. The maximum absolute atomic E-state index is 12.0. The van der Waals surface area contributed by atoms with Gasteiger partial charge in [-0.25, -0.2) is 9.59 Å². The molecular formula is C50H50N2O8. The molecule has 0 unspecified atom stereocenters. The Bertz CT molecular complexity index is 2260. The van der Waals surface area contributed by atoms with Gasteiger partial charge >= 0.3 is 11.9 Å². The molecule has 0 amide bonds. The molecule has 6 aromatic rings. The van der Waals surface area contributed by atoms with E-state index in [1.807, 2.05) is 86.6 Å². The zero-order valence-corrected chi connectivity index (χ0v) is 34.5. The van der Waals surface area contributed by atoms with Gasteiger partial charge in [0, 0.05) is 36.9 Å². The third-order valence-electron chi connectivity index (χ3n) is 11.1. The Balaban J connectivity index is 0.000000181. The van der Waals surface area contributed by atoms with Crippen molar-refractivity contribution < 1.29 is 38.0 Å². The third-order valence-corrected chi connectivity index (χ3v) is 11.1. The average molecular weight is 807 g/mol. The largest absolute Gasteiger partial charge is 0.493 e. The Hall–Kier alpha value is -6.68. The summed E-state index contributed by atoms with van der Waals surface area (Å²) in [4.78, 5) is 32.4. The topological polar surface area (TPSA) is 115 Å². The minimum atomic E-state index is -0.322. The van der Waals surface area contributed by atoms with E-state index < -0.39 is 0 Å². The monoisotopic (exact) mass is 806 g/mol. The molecule has 2 aliphatic heterocycles. The van der Waals surface area contributed by atoms with Gasteiger partial charge in [-0.3, -0.25) is 9.97 Å². The summed E-state index contributed by atoms with van der Waals surface area (Å²) in [6.45, 7) is 5.40. The summed E-state index contributed by atoms with van der Waals surface area (Å²) in [5, 5.41) is 0. The lowest BCUT2D eigenvalue weighted by molar-refractivity contribution is 0.0590. The molecule has 2 aromatic heterocycles. The van der Waals surface area contributed by atoms with Gasteiger partial charge in [0.15, 0.2) is 0 Å². The number of rotatable bonds is 12. The van der Waals surface area contributed by atoms with Crippen molar-refractivity contribution in [1.82, 2.24) is 9.97 Å². The van der Waals surface area contributed by atoms with Crippen LogP contribution in [-0.2, 0) is 22.3 Å². The molecule has 2 atom stereocenters. The molecule has 0 fully saturated rings. The van der Waals surface area contributed by atoms with Crippen LogP contribution >= 0.6 is 0 Å². The molecule has 2 aliphatic rings. The van der Waals surface area contributed by atoms with E-state index in [0.717, 1.165) is 95.3 Å². The van der Waals surface area contributed by atoms with Gasteiger partial charge in [-0.1, -0.05) is 48.5 Å². The fourth-order valence-corrected chi connectivity index (χ4v) is 7.74. The van der Waals surface area contributed by atoms with Crippen LogP contribution < -0.4 is 18.9 Å². The fraction of sp³-hybridized carbons (Fsp3) is 0.280. The second-order valence-corrected chi connectivity index (χ2v) is 14.9. The van der Waals surface area contributed by atoms with E-state index in [4.69, 9.17) is 28.4 Å². The second kappa shape index (κ2) is 19.8. The number of pyridine rings is 2. The number of aromatic nitrogens is 2. The quantitative estimate of drug-likeness (QED) is 0.111. The normalized spacial score (nSPS) is 15.1. The highest BCUT2D eigenvalue weighted by molar-refractivity contribution is 5.91. The van der Waals surface area contributed by atoms with Gasteiger partial charge in [-0.15, -0.1) is 0 Å². The van der Waals surface area contributed by atoms with Gasteiger partial charge in [-0.05, 0) is 134 Å². The molecule has 4 aromatic carbocycles. The predicted molar refractivity (Wildman–Crippen MR) is 229 cm³/mol. The highest BCUT2D eigenvalue weighted by atomic mass is 16.5. The lowest BCUT2D eigenvalue weighted by atomic mass is 9.87. The Morgan fingerprint density at radius 3 is 1.45 bits per heavy atom. The number of esters is 2. The Morgan fingerprint density at radius 2 is 1.03 bits per heavy atom. The van der Waals surface area contributed by atoms with Crippen molar-refractivity contribution in [2.75, 3.05) is 27.4 Å². The number of carbonyl (C=O) groups is 2. The van der Waals surface area contributed by atoms with E-state index in [9.17, 15) is 9.59 Å². The molecule has 8 rings (SSSR count). The van der Waals surface area contributed by atoms with E-state index in [1.165, 1.54) is 25.3 Å². The van der Waals surface area contributed by atoms with Crippen LogP contribution in [0, 0.1) is 13.8 Å². The van der Waals surface area contributed by atoms with Gasteiger partial charge < -0.3 is 28.4 Å². The van der Waals surface area contributed by atoms with Gasteiger partial charge in [0.2, 0.25) is 0 Å². The summed E-state index contributed by atoms with van der Waals surface area (Å²) in [6.07, 6.45) is 12.0. The molecule has 0 spiro atoms. The molecule has 10 heteroatoms. The summed E-state index contributed by atoms with van der Waals surface area (Å²) in [6, 6.07) is 31.5. The molecule has 0 saturated carbocycles. The van der Waals surface area contributed by atoms with Crippen molar-refractivity contribution in [2.45, 2.75) is 64.2 Å². The summed E-state index contributed by atoms with van der Waals surface area (Å²) in [5.41, 5.74) is 7.54. The Labute approximate surface area is 351 Å². The highest BCUT2D eigenvalue weighted by Crippen LogP contribution is 2.41. The second-order valence-electron chi connectivity index (χ2n) is 14.9. The molecule has 0 aliphatic carbocycles. The number of aryl methyl sites for hydroxylation is 4. The minimum Gasteiger partial charge on any atom is -0.493 e. The first-order chi connectivity index (χ1) is 29.3. The van der Waals surface area contributed by atoms with Crippen LogP contribution in [0.25, 0.3) is 0 Å². The summed E-state index contributed by atoms with van der Waals surface area (Å²) >= 11 is 0. The van der Waals surface area contributed by atoms with Crippen molar-refractivity contribution in [1.29, 1.82) is 0 Å². The van der Waals surface area contributed by atoms with Gasteiger partial charge in [0.1, 0.15) is 34.5 Å². The molecule has 10 nitrogen and oxygen atoms in total. The lowest BCUT2D eigenvalue weighted by Crippen LogP contribution is -2.15. The Morgan fingerprint density at radius 1 is 0.600 bits per heavy atom. The third kappa shape index (κ3) is 10.1. The molecule has 0 saturated heterocycles. The first kappa shape index (κ1) is 41.5. The van der Waals surface area contributed by atoms with Crippen LogP contribution in [-0.4, -0.2) is 49.3 Å². The van der Waals surface area contributed by atoms with Crippen molar-refractivity contribution in [3.63, 3.8) is 0 Å². The fourth-order valence-electron chi connectivity index (χ4n) is 7.74. The first-order valence-electron chi connectivity index (χ1n) is 20.3. The minimum absolute atomic E-state index is 0.322. The van der Waals surface area contributed by atoms with Crippen molar-refractivity contribution in [3.05, 3.63) is 166 Å². The van der Waals surface area contributed by atoms with Crippen LogP contribution in [0.4, 0.5) is 0 Å². The van der Waals surface area contributed by atoms with Gasteiger partial charge in [0.05, 0.1) is 38.6 Å². The zero-order valence-electron chi connectivity index (χ0n) is 34.5. The van der Waals surface area contributed by atoms with Crippen LogP contribution in [0.15, 0.2) is 122 Å². The smallest absolute Gasteiger partial charge is 0.338 e. The molecule has 0 N–H and O–H groups in total. The lowest BCUT2D eigenvalue weighted by Gasteiger charge is -2.26. The molecule has 308 valence electrons. The van der Waals surface area contributed by atoms with Crippen molar-refractivity contribution in [3.8, 4) is 34.5 Å². The van der Waals surface area contributed by atoms with Crippen LogP contribution in [0.5, 0.6) is 34.5 Å². The maximum atomic E-state index is 12.0. The van der Waals surface area contributed by atoms with Gasteiger partial charge in [0.25, 0.3) is 0 Å². The molecule has 0 radical (unpaired) electrons. The number of hydrogen-bond acceptors (Lipinski definition) is 10. The van der Waals surface area contributed by atoms with Crippen LogP contribution in [0.2, 0.25) is 0 Å². The highest BCUT2D eigenvalue weighted by Gasteiger charge is 2.25. The number of methoxy groups -OCH3 is 2. The predicted octanol–water partition coefficient (Wildman–Crippen LogP) is 10.9. The average Bonchev–Trinajstić information content (AvgIpc) is 3.28. The van der Waals surface area contributed by atoms with E-state index in [0.29, 0.717) is 36.2 Å². The number of ether oxygens (including phenoxy) is 6. The molecule has 0 bridgehead atoms. The zero-order chi connectivity index (χ0) is 41.8. The van der Waals surface area contributed by atoms with Crippen LogP contribution in [0.3, 0.4) is 0 Å². The molecular weight excluding hydrogens is 757 g/mol. The van der Waals surface area contributed by atoms with Crippen LogP contribution in [0.1, 0.15) is 91.6 Å². The SMILES string of the molecule is COC(=O)c1ccncc1CC[C@@H]1CCOc2cc(Oc3ccccc3C)ccc21.COC(=O)c1ccncc1CC[C@H]1CCOc2cc(Oc3ccccc3C)ccc21. The first-order valence-corrected chi connectivity index (χ1v) is 20.3. The van der Waals surface area contributed by atoms with Crippen molar-refractivity contribution >= 4 is 11.9 Å². The van der Waals surface area contributed by atoms with E-state index in [2.05, 4.69) is 22.1 Å². The number of nitrogens with zero attached hydrogens (tertiary/aromatic N) is 2. The summed E-state index contributed by atoms with van der Waals surface area (Å²) in [7, 11) is 2.80. The van der Waals surface area contributed by atoms with Crippen molar-refractivity contribution in [2.24, 2.45) is 0 Å². The molecule has 4 heterocycles. The van der Waals surface area contributed by atoms with E-state index in [1.54, 1.807) is 36.9 Å². The summed E-state index contributed by atoms with van der Waals surface area (Å²) < 4.78 is 33.8. The maximum Gasteiger partial charge on any atom is 0.338 e. The Kier molecular flexibility index (Phi) is 13.7. The van der Waals surface area contributed by atoms with E-state index in [-0.39, 0.29) is 11.9 Å². The number of fused-ring (bicyclic) bond motifs is 2. The summed E-state index contributed by atoms with van der Waals surface area (Å²) in [5.74, 6) is 5.03. The number of hydrogen-bond donors (Lipinski definition) is 0.